The number of hydrogen-bond acceptors (Lipinski definition) is 4. The van der Waals surface area contributed by atoms with Crippen LogP contribution in [0.5, 0.6) is 0 Å². The van der Waals surface area contributed by atoms with E-state index in [9.17, 15) is 9.18 Å². The van der Waals surface area contributed by atoms with Crippen LogP contribution in [0.1, 0.15) is 24.2 Å². The van der Waals surface area contributed by atoms with Crippen LogP contribution in [0.2, 0.25) is 0 Å². The van der Waals surface area contributed by atoms with Crippen LogP contribution in [-0.2, 0) is 11.8 Å². The Morgan fingerprint density at radius 3 is 2.86 bits per heavy atom. The molecule has 0 bridgehead atoms. The summed E-state index contributed by atoms with van der Waals surface area (Å²) in [7, 11) is 1.50. The van der Waals surface area contributed by atoms with Crippen molar-refractivity contribution in [3.8, 4) is 0 Å². The molecule has 112 valence electrons. The Hall–Kier alpha value is -2.03. The van der Waals surface area contributed by atoms with Gasteiger partial charge >= 0.3 is 0 Å². The summed E-state index contributed by atoms with van der Waals surface area (Å²) in [6.07, 6.45) is 4.50. The van der Waals surface area contributed by atoms with Crippen LogP contribution < -0.4 is 5.43 Å². The minimum atomic E-state index is -0.534. The lowest BCUT2D eigenvalue weighted by Gasteiger charge is -2.09. The summed E-state index contributed by atoms with van der Waals surface area (Å²) < 4.78 is 17.0. The van der Waals surface area contributed by atoms with Crippen molar-refractivity contribution in [3.63, 3.8) is 0 Å². The lowest BCUT2D eigenvalue weighted by Crippen LogP contribution is -2.27. The fraction of sp³-hybridized carbons (Fsp3) is 0.333. The quantitative estimate of drug-likeness (QED) is 0.666. The van der Waals surface area contributed by atoms with Crippen LogP contribution in [0.15, 0.2) is 22.0 Å². The molecule has 2 heterocycles. The Morgan fingerprint density at radius 2 is 2.33 bits per heavy atom. The fourth-order valence-corrected chi connectivity index (χ4v) is 2.00. The molecule has 9 heteroatoms. The molecule has 0 aliphatic rings. The van der Waals surface area contributed by atoms with E-state index >= 15 is 0 Å². The molecular weight excluding hydrogens is 343 g/mol. The summed E-state index contributed by atoms with van der Waals surface area (Å²) in [5, 5.41) is 11.7. The third kappa shape index (κ3) is 3.35. The maximum absolute atomic E-state index is 13.7. The van der Waals surface area contributed by atoms with Crippen LogP contribution in [0.3, 0.4) is 0 Å². The number of nitrogens with one attached hydrogen (secondary N) is 1. The number of amides is 1. The first-order valence-electron chi connectivity index (χ1n) is 6.11. The molecule has 1 atom stereocenters. The van der Waals surface area contributed by atoms with Crippen molar-refractivity contribution in [2.45, 2.75) is 19.9 Å². The number of carbonyl (C=O) groups excluding carboxylic acids is 1. The molecular formula is C12H14BrFN6O. The number of halogens is 2. The van der Waals surface area contributed by atoms with Crippen molar-refractivity contribution >= 4 is 28.1 Å². The van der Waals surface area contributed by atoms with Crippen molar-refractivity contribution in [3.05, 3.63) is 34.1 Å². The highest BCUT2D eigenvalue weighted by Crippen LogP contribution is 2.11. The van der Waals surface area contributed by atoms with Crippen LogP contribution >= 0.6 is 15.9 Å². The number of aryl methyl sites for hydroxylation is 2. The predicted octanol–water partition coefficient (Wildman–Crippen LogP) is 1.54. The van der Waals surface area contributed by atoms with Crippen molar-refractivity contribution in [2.75, 3.05) is 0 Å². The molecule has 0 spiro atoms. The maximum Gasteiger partial charge on any atom is 0.264 e. The highest BCUT2D eigenvalue weighted by Gasteiger charge is 2.15. The number of hydrazone groups is 1. The van der Waals surface area contributed by atoms with Crippen molar-refractivity contribution < 1.29 is 9.18 Å². The second kappa shape index (κ2) is 6.17. The molecule has 2 aromatic heterocycles. The summed E-state index contributed by atoms with van der Waals surface area (Å²) in [6.45, 7) is 3.34. The van der Waals surface area contributed by atoms with Crippen LogP contribution in [-0.4, -0.2) is 31.7 Å². The van der Waals surface area contributed by atoms with E-state index in [4.69, 9.17) is 0 Å². The molecule has 21 heavy (non-hydrogen) atoms. The van der Waals surface area contributed by atoms with Gasteiger partial charge in [-0.05, 0) is 29.8 Å². The zero-order valence-corrected chi connectivity index (χ0v) is 13.3. The molecule has 1 unspecified atom stereocenters. The van der Waals surface area contributed by atoms with E-state index in [1.165, 1.54) is 17.9 Å². The SMILES string of the molecule is Cc1nn(C)c(F)c1C=NNC(=O)C(C)n1cc(Br)cn1. The topological polar surface area (TPSA) is 77.1 Å². The second-order valence-corrected chi connectivity index (χ2v) is 5.38. The van der Waals surface area contributed by atoms with E-state index in [-0.39, 0.29) is 11.5 Å². The fourth-order valence-electron chi connectivity index (χ4n) is 1.69. The summed E-state index contributed by atoms with van der Waals surface area (Å²) in [4.78, 5) is 11.9. The normalized spacial score (nSPS) is 12.8. The van der Waals surface area contributed by atoms with E-state index in [2.05, 4.69) is 36.7 Å². The van der Waals surface area contributed by atoms with E-state index in [0.29, 0.717) is 5.69 Å². The number of nitrogens with zero attached hydrogens (tertiary/aromatic N) is 5. The first-order chi connectivity index (χ1) is 9.90. The molecule has 0 aromatic carbocycles. The molecule has 2 rings (SSSR count). The summed E-state index contributed by atoms with van der Waals surface area (Å²) in [5.41, 5.74) is 3.09. The number of carbonyl (C=O) groups is 1. The lowest BCUT2D eigenvalue weighted by molar-refractivity contribution is -0.124. The largest absolute Gasteiger partial charge is 0.271 e. The summed E-state index contributed by atoms with van der Waals surface area (Å²) in [6, 6.07) is -0.534. The van der Waals surface area contributed by atoms with Gasteiger partial charge < -0.3 is 0 Å². The van der Waals surface area contributed by atoms with E-state index in [1.54, 1.807) is 26.2 Å². The highest BCUT2D eigenvalue weighted by molar-refractivity contribution is 9.10. The van der Waals surface area contributed by atoms with Gasteiger partial charge in [-0.2, -0.15) is 19.7 Å². The molecule has 7 nitrogen and oxygen atoms in total. The minimum Gasteiger partial charge on any atom is -0.271 e. The summed E-state index contributed by atoms with van der Waals surface area (Å²) in [5.74, 6) is -0.863. The molecule has 0 aliphatic carbocycles. The molecule has 0 saturated heterocycles. The smallest absolute Gasteiger partial charge is 0.264 e. The number of aromatic nitrogens is 4. The third-order valence-electron chi connectivity index (χ3n) is 2.91. The molecule has 1 amide bonds. The van der Waals surface area contributed by atoms with Gasteiger partial charge in [0.05, 0.1) is 28.1 Å². The zero-order chi connectivity index (χ0) is 15.6. The van der Waals surface area contributed by atoms with Crippen molar-refractivity contribution in [1.82, 2.24) is 25.0 Å². The van der Waals surface area contributed by atoms with Gasteiger partial charge in [0.25, 0.3) is 5.91 Å². The van der Waals surface area contributed by atoms with Crippen LogP contribution in [0.25, 0.3) is 0 Å². The third-order valence-corrected chi connectivity index (χ3v) is 3.32. The molecule has 0 radical (unpaired) electrons. The Bertz CT molecular complexity index is 692. The van der Waals surface area contributed by atoms with E-state index in [1.807, 2.05) is 0 Å². The monoisotopic (exact) mass is 356 g/mol. The van der Waals surface area contributed by atoms with Gasteiger partial charge in [0.1, 0.15) is 6.04 Å². The standard InChI is InChI=1S/C12H14BrFN6O/c1-7-10(11(14)19(3)18-7)5-15-17-12(21)8(2)20-6-9(13)4-16-20/h4-6,8H,1-3H3,(H,17,21). The number of hydrogen-bond donors (Lipinski definition) is 1. The molecule has 2 aromatic rings. The second-order valence-electron chi connectivity index (χ2n) is 4.46. The first kappa shape index (κ1) is 15.4. The van der Waals surface area contributed by atoms with Gasteiger partial charge in [-0.15, -0.1) is 0 Å². The Balaban J connectivity index is 2.02. The van der Waals surface area contributed by atoms with E-state index < -0.39 is 12.0 Å². The first-order valence-corrected chi connectivity index (χ1v) is 6.91. The maximum atomic E-state index is 13.7. The van der Waals surface area contributed by atoms with Crippen molar-refractivity contribution in [1.29, 1.82) is 0 Å². The molecule has 1 N–H and O–H groups in total. The van der Waals surface area contributed by atoms with Gasteiger partial charge in [0.15, 0.2) is 0 Å². The van der Waals surface area contributed by atoms with E-state index in [0.717, 1.165) is 9.15 Å². The highest BCUT2D eigenvalue weighted by atomic mass is 79.9. The average Bonchev–Trinajstić information content (AvgIpc) is 2.96. The van der Waals surface area contributed by atoms with Crippen LogP contribution in [0, 0.1) is 12.9 Å². The Kier molecular flexibility index (Phi) is 4.51. The van der Waals surface area contributed by atoms with Crippen LogP contribution in [0.4, 0.5) is 4.39 Å². The predicted molar refractivity (Wildman–Crippen MR) is 78.3 cm³/mol. The van der Waals surface area contributed by atoms with Gasteiger partial charge in [0, 0.05) is 13.2 Å². The number of rotatable bonds is 4. The Morgan fingerprint density at radius 1 is 1.62 bits per heavy atom. The summed E-state index contributed by atoms with van der Waals surface area (Å²) >= 11 is 3.26. The zero-order valence-electron chi connectivity index (χ0n) is 11.7. The lowest BCUT2D eigenvalue weighted by atomic mass is 10.3. The van der Waals surface area contributed by atoms with Gasteiger partial charge in [-0.25, -0.2) is 10.1 Å². The minimum absolute atomic E-state index is 0.243. The Labute approximate surface area is 129 Å². The van der Waals surface area contributed by atoms with Gasteiger partial charge in [-0.1, -0.05) is 0 Å². The molecule has 0 aliphatic heterocycles. The molecule has 0 saturated carbocycles. The molecule has 0 fully saturated rings. The van der Waals surface area contributed by atoms with Gasteiger partial charge in [0.2, 0.25) is 5.95 Å². The average molecular weight is 357 g/mol. The van der Waals surface area contributed by atoms with Crippen molar-refractivity contribution in [2.24, 2.45) is 12.1 Å². The van der Waals surface area contributed by atoms with Gasteiger partial charge in [-0.3, -0.25) is 9.48 Å².